The average molecular weight is 616 g/mol. The zero-order valence-corrected chi connectivity index (χ0v) is 24.6. The Labute approximate surface area is 246 Å². The zero-order chi connectivity index (χ0) is 29.4. The second-order valence-electron chi connectivity index (χ2n) is 9.49. The number of aliphatic hydroxyl groups is 1. The van der Waals surface area contributed by atoms with Crippen LogP contribution in [0, 0.1) is 22.0 Å². The fraction of sp³-hybridized carbons (Fsp3) is 0.400. The van der Waals surface area contributed by atoms with Gasteiger partial charge in [-0.05, 0) is 36.4 Å². The molecule has 2 aromatic heterocycles. The van der Waals surface area contributed by atoms with Gasteiger partial charge in [0, 0.05) is 47.0 Å². The van der Waals surface area contributed by atoms with Gasteiger partial charge in [0.15, 0.2) is 5.16 Å². The number of aliphatic hydroxyl groups excluding tert-OH is 1. The van der Waals surface area contributed by atoms with Crippen LogP contribution in [0.1, 0.15) is 24.3 Å². The third kappa shape index (κ3) is 5.17. The number of nitro groups is 1. The molecule has 0 spiro atoms. The Morgan fingerprint density at radius 1 is 1.39 bits per heavy atom. The van der Waals surface area contributed by atoms with Crippen molar-refractivity contribution in [3.63, 3.8) is 0 Å². The van der Waals surface area contributed by atoms with Crippen molar-refractivity contribution in [3.8, 4) is 0 Å². The predicted molar refractivity (Wildman–Crippen MR) is 154 cm³/mol. The molecule has 1 aromatic carbocycles. The standard InChI is InChI=1S/C25H25N7O6S3/c1-12-17(16-10-30-23(41-16)21(28-25(30)39-3)40-9-8-27-29-26)20(31-19(12)18(13(2)33)22(31)34)24(35)38-11-14-4-6-15(7-5-14)32(36)37/h4-7,10,12-13,18-19,33H,8-9,11H2,1-3H3/t12-,13+,18+,19-/m0/s1. The molecule has 41 heavy (non-hydrogen) atoms. The number of azide groups is 1. The minimum Gasteiger partial charge on any atom is -0.456 e. The molecule has 4 heterocycles. The van der Waals surface area contributed by atoms with E-state index in [-0.39, 0.29) is 29.8 Å². The second kappa shape index (κ2) is 11.7. The first-order valence-electron chi connectivity index (χ1n) is 12.5. The van der Waals surface area contributed by atoms with Crippen LogP contribution in [0.4, 0.5) is 5.69 Å². The van der Waals surface area contributed by atoms with Crippen molar-refractivity contribution in [2.24, 2.45) is 17.0 Å². The van der Waals surface area contributed by atoms with Crippen LogP contribution >= 0.6 is 34.9 Å². The number of non-ortho nitro benzene ring substituents is 1. The van der Waals surface area contributed by atoms with Gasteiger partial charge in [-0.2, -0.15) is 0 Å². The Hall–Kier alpha value is -3.56. The zero-order valence-electron chi connectivity index (χ0n) is 22.2. The van der Waals surface area contributed by atoms with Crippen LogP contribution in [0.2, 0.25) is 0 Å². The molecule has 3 aromatic rings. The number of carbonyl (C=O) groups is 2. The Bertz CT molecular complexity index is 1610. The molecular formula is C25H25N7O6S3. The smallest absolute Gasteiger partial charge is 0.355 e. The van der Waals surface area contributed by atoms with Gasteiger partial charge in [-0.15, -0.1) is 23.1 Å². The van der Waals surface area contributed by atoms with E-state index in [1.165, 1.54) is 64.0 Å². The van der Waals surface area contributed by atoms with Gasteiger partial charge in [-0.3, -0.25) is 19.3 Å². The number of thiazole rings is 1. The molecule has 0 radical (unpaired) electrons. The highest BCUT2D eigenvalue weighted by molar-refractivity contribution is 8.00. The first-order valence-corrected chi connectivity index (χ1v) is 15.6. The average Bonchev–Trinajstić information content (AvgIpc) is 3.58. The number of amides is 1. The van der Waals surface area contributed by atoms with Crippen LogP contribution in [0.15, 0.2) is 51.5 Å². The van der Waals surface area contributed by atoms with Gasteiger partial charge in [0.05, 0.1) is 27.9 Å². The highest BCUT2D eigenvalue weighted by Gasteiger charge is 2.60. The normalized spacial score (nSPS) is 20.5. The van der Waals surface area contributed by atoms with Crippen LogP contribution in [0.25, 0.3) is 20.8 Å². The lowest BCUT2D eigenvalue weighted by Crippen LogP contribution is -2.63. The maximum atomic E-state index is 13.6. The number of nitrogens with zero attached hydrogens (tertiary/aromatic N) is 7. The predicted octanol–water partition coefficient (Wildman–Crippen LogP) is 4.74. The molecule has 0 aliphatic carbocycles. The number of β-lactam (4-membered cyclic amide) rings is 1. The minimum absolute atomic E-state index is 0.0728. The van der Waals surface area contributed by atoms with E-state index in [1.54, 1.807) is 6.92 Å². The van der Waals surface area contributed by atoms with E-state index in [0.29, 0.717) is 23.4 Å². The molecule has 4 atom stereocenters. The van der Waals surface area contributed by atoms with Gasteiger partial charge in [0.1, 0.15) is 22.2 Å². The largest absolute Gasteiger partial charge is 0.456 e. The molecule has 0 bridgehead atoms. The summed E-state index contributed by atoms with van der Waals surface area (Å²) in [7, 11) is 0. The quantitative estimate of drug-likeness (QED) is 0.0367. The van der Waals surface area contributed by atoms with Crippen molar-refractivity contribution in [2.75, 3.05) is 18.6 Å². The van der Waals surface area contributed by atoms with Gasteiger partial charge in [0.25, 0.3) is 5.69 Å². The Morgan fingerprint density at radius 3 is 2.76 bits per heavy atom. The van der Waals surface area contributed by atoms with E-state index in [4.69, 9.17) is 15.3 Å². The molecule has 0 unspecified atom stereocenters. The molecule has 1 fully saturated rings. The summed E-state index contributed by atoms with van der Waals surface area (Å²) in [5.41, 5.74) is 9.86. The van der Waals surface area contributed by atoms with Crippen LogP contribution in [-0.4, -0.2) is 66.9 Å². The summed E-state index contributed by atoms with van der Waals surface area (Å²) in [5, 5.41) is 26.4. The number of nitro benzene ring substituents is 1. The van der Waals surface area contributed by atoms with Gasteiger partial charge in [0.2, 0.25) is 5.91 Å². The number of thioether (sulfide) groups is 2. The number of esters is 1. The summed E-state index contributed by atoms with van der Waals surface area (Å²) in [5.74, 6) is -1.36. The number of rotatable bonds is 11. The molecular weight excluding hydrogens is 591 g/mol. The monoisotopic (exact) mass is 615 g/mol. The molecule has 16 heteroatoms. The summed E-state index contributed by atoms with van der Waals surface area (Å²) in [6.45, 7) is 3.69. The topological polar surface area (TPSA) is 176 Å². The Kier molecular flexibility index (Phi) is 8.29. The van der Waals surface area contributed by atoms with Crippen molar-refractivity contribution in [3.05, 3.63) is 67.2 Å². The summed E-state index contributed by atoms with van der Waals surface area (Å²) in [6, 6.07) is 5.31. The van der Waals surface area contributed by atoms with Gasteiger partial charge in [-0.1, -0.05) is 23.8 Å². The first kappa shape index (κ1) is 29.0. The number of hydrogen-bond acceptors (Lipinski definition) is 11. The Balaban J connectivity index is 1.51. The van der Waals surface area contributed by atoms with Gasteiger partial charge in [-0.25, -0.2) is 9.78 Å². The maximum Gasteiger partial charge on any atom is 0.355 e. The number of imidazole rings is 1. The summed E-state index contributed by atoms with van der Waals surface area (Å²) in [6.07, 6.45) is 2.93. The lowest BCUT2D eigenvalue weighted by Gasteiger charge is -2.46. The summed E-state index contributed by atoms with van der Waals surface area (Å²) in [4.78, 5) is 47.7. The van der Waals surface area contributed by atoms with Crippen LogP contribution in [-0.2, 0) is 20.9 Å². The van der Waals surface area contributed by atoms with E-state index >= 15 is 0 Å². The second-order valence-corrected chi connectivity index (χ2v) is 12.4. The van der Waals surface area contributed by atoms with Crippen molar-refractivity contribution >= 4 is 62.8 Å². The van der Waals surface area contributed by atoms with Gasteiger partial charge >= 0.3 is 5.97 Å². The van der Waals surface area contributed by atoms with Crippen molar-refractivity contribution in [1.82, 2.24) is 14.3 Å². The van der Waals surface area contributed by atoms with Crippen molar-refractivity contribution < 1.29 is 24.4 Å². The van der Waals surface area contributed by atoms with E-state index in [1.807, 2.05) is 23.8 Å². The fourth-order valence-electron chi connectivity index (χ4n) is 5.24. The van der Waals surface area contributed by atoms with E-state index < -0.39 is 29.0 Å². The molecule has 1 N–H and O–H groups in total. The number of fused-ring (bicyclic) bond motifs is 2. The molecule has 0 saturated carbocycles. The SMILES string of the molecule is CSc1nc(SCCN=[N+]=[N-])c2sc(C3=C(C(=O)OCc4ccc([N+](=O)[O-])cc4)N4C(=O)[C@H]([C@@H](C)O)[C@@H]4[C@H]3C)cn12. The van der Waals surface area contributed by atoms with Crippen molar-refractivity contribution in [1.29, 1.82) is 0 Å². The lowest BCUT2D eigenvalue weighted by atomic mass is 9.77. The van der Waals surface area contributed by atoms with Crippen LogP contribution in [0.5, 0.6) is 0 Å². The molecule has 2 aliphatic rings. The number of hydrogen-bond donors (Lipinski definition) is 1. The van der Waals surface area contributed by atoms with Gasteiger partial charge < -0.3 is 14.7 Å². The molecule has 13 nitrogen and oxygen atoms in total. The summed E-state index contributed by atoms with van der Waals surface area (Å²) < 4.78 is 7.57. The fourth-order valence-corrected chi connectivity index (χ4v) is 8.05. The number of aromatic nitrogens is 2. The van der Waals surface area contributed by atoms with E-state index in [2.05, 4.69) is 10.0 Å². The number of benzene rings is 1. The summed E-state index contributed by atoms with van der Waals surface area (Å²) >= 11 is 4.38. The van der Waals surface area contributed by atoms with E-state index in [9.17, 15) is 24.8 Å². The van der Waals surface area contributed by atoms with Crippen LogP contribution in [0.3, 0.4) is 0 Å². The third-order valence-electron chi connectivity index (χ3n) is 7.08. The first-order chi connectivity index (χ1) is 19.7. The number of ether oxygens (including phenoxy) is 1. The van der Waals surface area contributed by atoms with E-state index in [0.717, 1.165) is 19.9 Å². The third-order valence-corrected chi connectivity index (χ3v) is 9.94. The molecule has 5 rings (SSSR count). The minimum atomic E-state index is -0.881. The Morgan fingerprint density at radius 2 is 2.12 bits per heavy atom. The highest BCUT2D eigenvalue weighted by atomic mass is 32.2. The van der Waals surface area contributed by atoms with Crippen molar-refractivity contribution in [2.45, 2.75) is 42.8 Å². The maximum absolute atomic E-state index is 13.6. The molecule has 2 aliphatic heterocycles. The molecule has 214 valence electrons. The lowest BCUT2D eigenvalue weighted by molar-refractivity contribution is -0.384. The molecule has 1 saturated heterocycles. The highest BCUT2D eigenvalue weighted by Crippen LogP contribution is 2.52. The van der Waals surface area contributed by atoms with Crippen LogP contribution < -0.4 is 0 Å². The molecule has 1 amide bonds. The number of carbonyl (C=O) groups excluding carboxylic acids is 2.